The number of hydrogen-bond donors (Lipinski definition) is 1. The van der Waals surface area contributed by atoms with E-state index in [1.807, 2.05) is 30.1 Å². The zero-order valence-corrected chi connectivity index (χ0v) is 15.1. The Hall–Kier alpha value is -2.96. The predicted molar refractivity (Wildman–Crippen MR) is 97.6 cm³/mol. The van der Waals surface area contributed by atoms with Gasteiger partial charge < -0.3 is 14.7 Å². The molecule has 2 heterocycles. The van der Waals surface area contributed by atoms with Gasteiger partial charge in [0.1, 0.15) is 12.1 Å². The average Bonchev–Trinajstić information content (AvgIpc) is 3.03. The lowest BCUT2D eigenvalue weighted by molar-refractivity contribution is 0.331. The van der Waals surface area contributed by atoms with Gasteiger partial charge in [-0.15, -0.1) is 0 Å². The molecule has 25 heavy (non-hydrogen) atoms. The summed E-state index contributed by atoms with van der Waals surface area (Å²) in [5.41, 5.74) is 2.07. The summed E-state index contributed by atoms with van der Waals surface area (Å²) in [4.78, 5) is 14.8. The maximum atomic E-state index is 5.37. The second kappa shape index (κ2) is 6.51. The lowest BCUT2D eigenvalue weighted by Crippen LogP contribution is -2.14. The first kappa shape index (κ1) is 16.9. The molecule has 3 aromatic rings. The van der Waals surface area contributed by atoms with E-state index in [-0.39, 0.29) is 5.41 Å². The normalized spacial score (nSPS) is 11.4. The standard InChI is InChI=1S/C18H22N6O/c1-12-7-6-8-13(9-12)24(5)17-20-11-19-16(22-17)21-15-10-14(25-23-15)18(2,3)4/h6-11H,1-5H3,(H,19,20,21,22,23). The smallest absolute Gasteiger partial charge is 0.234 e. The second-order valence-corrected chi connectivity index (χ2v) is 6.96. The van der Waals surface area contributed by atoms with Gasteiger partial charge in [-0.25, -0.2) is 9.97 Å². The molecule has 0 radical (unpaired) electrons. The Morgan fingerprint density at radius 1 is 1.12 bits per heavy atom. The molecule has 0 atom stereocenters. The number of hydrogen-bond acceptors (Lipinski definition) is 7. The highest BCUT2D eigenvalue weighted by Crippen LogP contribution is 2.26. The zero-order valence-electron chi connectivity index (χ0n) is 15.1. The molecule has 7 heteroatoms. The van der Waals surface area contributed by atoms with Gasteiger partial charge in [-0.1, -0.05) is 38.1 Å². The van der Waals surface area contributed by atoms with Crippen molar-refractivity contribution < 1.29 is 4.52 Å². The Morgan fingerprint density at radius 3 is 2.60 bits per heavy atom. The van der Waals surface area contributed by atoms with Crippen LogP contribution in [0.25, 0.3) is 0 Å². The molecule has 1 aromatic carbocycles. The summed E-state index contributed by atoms with van der Waals surface area (Å²) in [5.74, 6) is 2.32. The van der Waals surface area contributed by atoms with Crippen LogP contribution in [0, 0.1) is 6.92 Å². The van der Waals surface area contributed by atoms with Gasteiger partial charge in [0.2, 0.25) is 11.9 Å². The number of benzene rings is 1. The molecule has 0 saturated heterocycles. The third-order valence-corrected chi connectivity index (χ3v) is 3.74. The minimum Gasteiger partial charge on any atom is -0.359 e. The molecule has 0 fully saturated rings. The molecule has 0 bridgehead atoms. The van der Waals surface area contributed by atoms with Crippen LogP contribution >= 0.6 is 0 Å². The Bertz CT molecular complexity index is 868. The van der Waals surface area contributed by atoms with Crippen molar-refractivity contribution in [2.75, 3.05) is 17.3 Å². The van der Waals surface area contributed by atoms with Crippen LogP contribution in [0.5, 0.6) is 0 Å². The summed E-state index contributed by atoms with van der Waals surface area (Å²) >= 11 is 0. The van der Waals surface area contributed by atoms with E-state index >= 15 is 0 Å². The third kappa shape index (κ3) is 3.93. The molecule has 3 rings (SSSR count). The zero-order chi connectivity index (χ0) is 18.0. The first-order chi connectivity index (χ1) is 11.8. The van der Waals surface area contributed by atoms with Gasteiger partial charge in [-0.3, -0.25) is 0 Å². The van der Waals surface area contributed by atoms with Crippen LogP contribution in [-0.2, 0) is 5.41 Å². The lowest BCUT2D eigenvalue weighted by atomic mass is 9.93. The Labute approximate surface area is 147 Å². The van der Waals surface area contributed by atoms with Crippen molar-refractivity contribution in [1.29, 1.82) is 0 Å². The van der Waals surface area contributed by atoms with Gasteiger partial charge in [-0.05, 0) is 24.6 Å². The fourth-order valence-electron chi connectivity index (χ4n) is 2.26. The van der Waals surface area contributed by atoms with E-state index in [9.17, 15) is 0 Å². The molecule has 0 aliphatic heterocycles. The fourth-order valence-corrected chi connectivity index (χ4v) is 2.26. The van der Waals surface area contributed by atoms with E-state index in [4.69, 9.17) is 4.52 Å². The molecule has 0 spiro atoms. The Balaban J connectivity index is 1.81. The maximum Gasteiger partial charge on any atom is 0.234 e. The van der Waals surface area contributed by atoms with Crippen LogP contribution in [0.2, 0.25) is 0 Å². The van der Waals surface area contributed by atoms with Crippen LogP contribution in [0.4, 0.5) is 23.4 Å². The summed E-state index contributed by atoms with van der Waals surface area (Å²) in [6.07, 6.45) is 1.47. The number of aryl methyl sites for hydroxylation is 1. The molecular weight excluding hydrogens is 316 g/mol. The van der Waals surface area contributed by atoms with Gasteiger partial charge in [0.05, 0.1) is 0 Å². The molecule has 0 amide bonds. The van der Waals surface area contributed by atoms with Gasteiger partial charge in [0.25, 0.3) is 0 Å². The van der Waals surface area contributed by atoms with Crippen molar-refractivity contribution in [3.8, 4) is 0 Å². The van der Waals surface area contributed by atoms with Crippen LogP contribution < -0.4 is 10.2 Å². The molecule has 1 N–H and O–H groups in total. The number of aromatic nitrogens is 4. The Kier molecular flexibility index (Phi) is 4.39. The summed E-state index contributed by atoms with van der Waals surface area (Å²) in [6, 6.07) is 10.00. The Morgan fingerprint density at radius 2 is 1.92 bits per heavy atom. The predicted octanol–water partition coefficient (Wildman–Crippen LogP) is 3.98. The van der Waals surface area contributed by atoms with Gasteiger partial charge in [-0.2, -0.15) is 4.98 Å². The van der Waals surface area contributed by atoms with Crippen LogP contribution in [0.1, 0.15) is 32.1 Å². The lowest BCUT2D eigenvalue weighted by Gasteiger charge is -2.17. The summed E-state index contributed by atoms with van der Waals surface area (Å²) < 4.78 is 5.37. The first-order valence-corrected chi connectivity index (χ1v) is 8.06. The van der Waals surface area contributed by atoms with Crippen molar-refractivity contribution in [3.63, 3.8) is 0 Å². The molecule has 2 aromatic heterocycles. The monoisotopic (exact) mass is 338 g/mol. The van der Waals surface area contributed by atoms with Crippen molar-refractivity contribution in [3.05, 3.63) is 48.0 Å². The van der Waals surface area contributed by atoms with Crippen LogP contribution in [0.15, 0.2) is 41.2 Å². The molecular formula is C18H22N6O. The first-order valence-electron chi connectivity index (χ1n) is 8.06. The number of anilines is 4. The van der Waals surface area contributed by atoms with Crippen molar-refractivity contribution in [2.24, 2.45) is 0 Å². The maximum absolute atomic E-state index is 5.37. The topological polar surface area (TPSA) is 80.0 Å². The number of nitrogens with zero attached hydrogens (tertiary/aromatic N) is 5. The number of rotatable bonds is 4. The van der Waals surface area contributed by atoms with Crippen LogP contribution in [0.3, 0.4) is 0 Å². The van der Waals surface area contributed by atoms with Crippen molar-refractivity contribution in [1.82, 2.24) is 20.1 Å². The summed E-state index contributed by atoms with van der Waals surface area (Å²) in [7, 11) is 1.92. The van der Waals surface area contributed by atoms with E-state index in [1.165, 1.54) is 11.9 Å². The largest absolute Gasteiger partial charge is 0.359 e. The van der Waals surface area contributed by atoms with E-state index in [2.05, 4.69) is 65.3 Å². The highest BCUT2D eigenvalue weighted by Gasteiger charge is 2.20. The van der Waals surface area contributed by atoms with Gasteiger partial charge >= 0.3 is 0 Å². The third-order valence-electron chi connectivity index (χ3n) is 3.74. The van der Waals surface area contributed by atoms with Crippen LogP contribution in [-0.4, -0.2) is 27.2 Å². The van der Waals surface area contributed by atoms with E-state index in [0.29, 0.717) is 17.7 Å². The SMILES string of the molecule is Cc1cccc(N(C)c2ncnc(Nc3cc(C(C)(C)C)on3)n2)c1. The van der Waals surface area contributed by atoms with Crippen molar-refractivity contribution in [2.45, 2.75) is 33.1 Å². The molecule has 0 unspecified atom stereocenters. The van der Waals surface area contributed by atoms with E-state index < -0.39 is 0 Å². The van der Waals surface area contributed by atoms with Gasteiger partial charge in [0.15, 0.2) is 5.82 Å². The molecule has 0 aliphatic carbocycles. The highest BCUT2D eigenvalue weighted by atomic mass is 16.5. The quantitative estimate of drug-likeness (QED) is 0.770. The second-order valence-electron chi connectivity index (χ2n) is 6.96. The van der Waals surface area contributed by atoms with Gasteiger partial charge in [0, 0.05) is 24.2 Å². The van der Waals surface area contributed by atoms with E-state index in [1.54, 1.807) is 0 Å². The molecule has 0 saturated carbocycles. The summed E-state index contributed by atoms with van der Waals surface area (Å²) in [5, 5.41) is 7.08. The fraction of sp³-hybridized carbons (Fsp3) is 0.333. The van der Waals surface area contributed by atoms with Crippen molar-refractivity contribution >= 4 is 23.4 Å². The highest BCUT2D eigenvalue weighted by molar-refractivity contribution is 5.58. The minimum atomic E-state index is -0.109. The molecule has 0 aliphatic rings. The average molecular weight is 338 g/mol. The summed E-state index contributed by atoms with van der Waals surface area (Å²) in [6.45, 7) is 8.24. The number of nitrogens with one attached hydrogen (secondary N) is 1. The molecule has 130 valence electrons. The minimum absolute atomic E-state index is 0.109. The molecule has 7 nitrogen and oxygen atoms in total. The van der Waals surface area contributed by atoms with E-state index in [0.717, 1.165) is 11.4 Å².